The van der Waals surface area contributed by atoms with Gasteiger partial charge in [-0.3, -0.25) is 0 Å². The number of rotatable bonds is 3. The predicted molar refractivity (Wildman–Crippen MR) is 70.1 cm³/mol. The molecular formula is C12H13ClN2S. The van der Waals surface area contributed by atoms with Crippen molar-refractivity contribution in [1.82, 2.24) is 10.3 Å². The van der Waals surface area contributed by atoms with Gasteiger partial charge in [0.15, 0.2) is 0 Å². The molecule has 16 heavy (non-hydrogen) atoms. The highest BCUT2D eigenvalue weighted by Gasteiger charge is 2.07. The summed E-state index contributed by atoms with van der Waals surface area (Å²) in [5.74, 6) is 0. The molecule has 0 aliphatic heterocycles. The Balaban J connectivity index is 2.38. The van der Waals surface area contributed by atoms with Gasteiger partial charge in [0.05, 0.1) is 10.7 Å². The minimum atomic E-state index is 0.756. The molecule has 1 aromatic heterocycles. The molecule has 0 spiro atoms. The van der Waals surface area contributed by atoms with Crippen LogP contribution >= 0.6 is 22.9 Å². The number of benzene rings is 1. The molecule has 0 bridgehead atoms. The van der Waals surface area contributed by atoms with E-state index in [1.165, 1.54) is 5.56 Å². The van der Waals surface area contributed by atoms with Crippen molar-refractivity contribution >= 4 is 22.9 Å². The lowest BCUT2D eigenvalue weighted by atomic mass is 10.1. The van der Waals surface area contributed by atoms with E-state index in [1.807, 2.05) is 24.6 Å². The van der Waals surface area contributed by atoms with E-state index < -0.39 is 0 Å². The number of aromatic nitrogens is 1. The molecule has 0 unspecified atom stereocenters. The minimum Gasteiger partial charge on any atom is -0.314 e. The molecule has 0 aliphatic rings. The monoisotopic (exact) mass is 252 g/mol. The molecule has 4 heteroatoms. The Hall–Kier alpha value is -0.900. The average Bonchev–Trinajstić information content (AvgIpc) is 2.71. The lowest BCUT2D eigenvalue weighted by Crippen LogP contribution is -2.04. The molecule has 0 amide bonds. The molecular weight excluding hydrogens is 240 g/mol. The Bertz CT molecular complexity index is 494. The van der Waals surface area contributed by atoms with Gasteiger partial charge >= 0.3 is 0 Å². The maximum absolute atomic E-state index is 6.17. The van der Waals surface area contributed by atoms with Gasteiger partial charge in [0, 0.05) is 17.5 Å². The van der Waals surface area contributed by atoms with Crippen LogP contribution in [0.3, 0.4) is 0 Å². The summed E-state index contributed by atoms with van der Waals surface area (Å²) >= 11 is 7.82. The number of thiazole rings is 1. The van der Waals surface area contributed by atoms with Crippen molar-refractivity contribution in [2.75, 3.05) is 7.05 Å². The summed E-state index contributed by atoms with van der Waals surface area (Å²) in [6, 6.07) is 6.00. The Morgan fingerprint density at radius 3 is 3.00 bits per heavy atom. The van der Waals surface area contributed by atoms with E-state index in [0.717, 1.165) is 27.8 Å². The average molecular weight is 253 g/mol. The number of aryl methyl sites for hydroxylation is 1. The Morgan fingerprint density at radius 1 is 1.44 bits per heavy atom. The Kier molecular flexibility index (Phi) is 3.59. The molecule has 0 fully saturated rings. The zero-order valence-corrected chi connectivity index (χ0v) is 10.8. The highest BCUT2D eigenvalue weighted by Crippen LogP contribution is 2.29. The Morgan fingerprint density at radius 2 is 2.25 bits per heavy atom. The van der Waals surface area contributed by atoms with E-state index in [2.05, 4.69) is 23.3 Å². The zero-order chi connectivity index (χ0) is 11.5. The van der Waals surface area contributed by atoms with Gasteiger partial charge < -0.3 is 5.32 Å². The van der Waals surface area contributed by atoms with Crippen LogP contribution in [0.15, 0.2) is 23.6 Å². The van der Waals surface area contributed by atoms with E-state index in [-0.39, 0.29) is 0 Å². The molecule has 0 saturated heterocycles. The largest absolute Gasteiger partial charge is 0.314 e. The predicted octanol–water partition coefficient (Wildman–Crippen LogP) is 3.49. The summed E-state index contributed by atoms with van der Waals surface area (Å²) in [5.41, 5.74) is 3.17. The van der Waals surface area contributed by atoms with Gasteiger partial charge in [-0.1, -0.05) is 23.2 Å². The molecule has 84 valence electrons. The van der Waals surface area contributed by atoms with E-state index in [1.54, 1.807) is 11.3 Å². The maximum atomic E-state index is 6.17. The van der Waals surface area contributed by atoms with Crippen molar-refractivity contribution < 1.29 is 0 Å². The van der Waals surface area contributed by atoms with Gasteiger partial charge in [0.1, 0.15) is 5.01 Å². The van der Waals surface area contributed by atoms with Crippen molar-refractivity contribution in [3.8, 4) is 11.3 Å². The van der Waals surface area contributed by atoms with Gasteiger partial charge in [-0.05, 0) is 26.1 Å². The lowest BCUT2D eigenvalue weighted by Gasteiger charge is -2.01. The third-order valence-corrected chi connectivity index (χ3v) is 3.46. The normalized spacial score (nSPS) is 10.7. The first-order valence-electron chi connectivity index (χ1n) is 5.06. The van der Waals surface area contributed by atoms with Gasteiger partial charge in [0.25, 0.3) is 0 Å². The van der Waals surface area contributed by atoms with Crippen LogP contribution in [0.4, 0.5) is 0 Å². The number of halogens is 1. The summed E-state index contributed by atoms with van der Waals surface area (Å²) in [7, 11) is 1.92. The smallest absolute Gasteiger partial charge is 0.107 e. The molecule has 0 atom stereocenters. The summed E-state index contributed by atoms with van der Waals surface area (Å²) in [4.78, 5) is 4.54. The van der Waals surface area contributed by atoms with Gasteiger partial charge in [0.2, 0.25) is 0 Å². The molecule has 1 N–H and O–H groups in total. The van der Waals surface area contributed by atoms with E-state index >= 15 is 0 Å². The van der Waals surface area contributed by atoms with Crippen LogP contribution in [0.1, 0.15) is 10.6 Å². The molecule has 0 aliphatic carbocycles. The van der Waals surface area contributed by atoms with Crippen LogP contribution < -0.4 is 5.32 Å². The third kappa shape index (κ3) is 2.43. The first-order valence-corrected chi connectivity index (χ1v) is 6.32. The van der Waals surface area contributed by atoms with Crippen LogP contribution in [0.5, 0.6) is 0 Å². The highest BCUT2D eigenvalue weighted by atomic mass is 35.5. The zero-order valence-electron chi connectivity index (χ0n) is 9.25. The van der Waals surface area contributed by atoms with Gasteiger partial charge in [-0.25, -0.2) is 4.98 Å². The van der Waals surface area contributed by atoms with Crippen LogP contribution in [-0.2, 0) is 6.54 Å². The van der Waals surface area contributed by atoms with Gasteiger partial charge in [-0.2, -0.15) is 0 Å². The minimum absolute atomic E-state index is 0.756. The summed E-state index contributed by atoms with van der Waals surface area (Å²) in [6.45, 7) is 2.86. The first kappa shape index (κ1) is 11.6. The summed E-state index contributed by atoms with van der Waals surface area (Å²) < 4.78 is 0. The number of hydrogen-bond acceptors (Lipinski definition) is 3. The van der Waals surface area contributed by atoms with Crippen molar-refractivity contribution in [1.29, 1.82) is 0 Å². The van der Waals surface area contributed by atoms with Crippen LogP contribution in [-0.4, -0.2) is 12.0 Å². The second kappa shape index (κ2) is 4.95. The number of nitrogens with one attached hydrogen (secondary N) is 1. The summed E-state index contributed by atoms with van der Waals surface area (Å²) in [5, 5.41) is 6.97. The molecule has 1 aromatic carbocycles. The Labute approximate surface area is 104 Å². The molecule has 2 aromatic rings. The molecule has 1 heterocycles. The molecule has 0 saturated carbocycles. The second-order valence-corrected chi connectivity index (χ2v) is 4.99. The first-order chi connectivity index (χ1) is 7.70. The highest BCUT2D eigenvalue weighted by molar-refractivity contribution is 7.09. The lowest BCUT2D eigenvalue weighted by molar-refractivity contribution is 0.811. The topological polar surface area (TPSA) is 24.9 Å². The maximum Gasteiger partial charge on any atom is 0.107 e. The van der Waals surface area contributed by atoms with Crippen molar-refractivity contribution in [2.24, 2.45) is 0 Å². The fourth-order valence-electron chi connectivity index (χ4n) is 1.50. The second-order valence-electron chi connectivity index (χ2n) is 3.64. The quantitative estimate of drug-likeness (QED) is 0.905. The molecule has 2 rings (SSSR count). The van der Waals surface area contributed by atoms with Crippen LogP contribution in [0, 0.1) is 6.92 Å². The van der Waals surface area contributed by atoms with Gasteiger partial charge in [-0.15, -0.1) is 11.3 Å². The fraction of sp³-hybridized carbons (Fsp3) is 0.250. The van der Waals surface area contributed by atoms with Crippen molar-refractivity contribution in [3.05, 3.63) is 39.2 Å². The molecule has 2 nitrogen and oxygen atoms in total. The summed E-state index contributed by atoms with van der Waals surface area (Å²) in [6.07, 6.45) is 0. The SMILES string of the molecule is CNCc1nc(-c2cc(C)ccc2Cl)cs1. The van der Waals surface area contributed by atoms with E-state index in [4.69, 9.17) is 11.6 Å². The number of nitrogens with zero attached hydrogens (tertiary/aromatic N) is 1. The molecule has 0 radical (unpaired) electrons. The van der Waals surface area contributed by atoms with Crippen LogP contribution in [0.25, 0.3) is 11.3 Å². The fourth-order valence-corrected chi connectivity index (χ4v) is 2.52. The van der Waals surface area contributed by atoms with Crippen LogP contribution in [0.2, 0.25) is 5.02 Å². The van der Waals surface area contributed by atoms with Crippen molar-refractivity contribution in [3.63, 3.8) is 0 Å². The number of hydrogen-bond donors (Lipinski definition) is 1. The van der Waals surface area contributed by atoms with E-state index in [9.17, 15) is 0 Å². The third-order valence-electron chi connectivity index (χ3n) is 2.28. The van der Waals surface area contributed by atoms with Crippen molar-refractivity contribution in [2.45, 2.75) is 13.5 Å². The standard InChI is InChI=1S/C12H13ClN2S/c1-8-3-4-10(13)9(5-8)11-7-16-12(15-11)6-14-2/h3-5,7,14H,6H2,1-2H3. The van der Waals surface area contributed by atoms with E-state index in [0.29, 0.717) is 0 Å².